The highest BCUT2D eigenvalue weighted by Crippen LogP contribution is 2.14. The summed E-state index contributed by atoms with van der Waals surface area (Å²) in [6.07, 6.45) is 0. The number of hydrogen-bond donors (Lipinski definition) is 3. The van der Waals surface area contributed by atoms with Crippen molar-refractivity contribution in [2.24, 2.45) is 0 Å². The molecule has 0 spiro atoms. The molecule has 3 rings (SSSR count). The monoisotopic (exact) mass is 350 g/mol. The maximum Gasteiger partial charge on any atom is 0.279 e. The zero-order valence-corrected chi connectivity index (χ0v) is 14.5. The van der Waals surface area contributed by atoms with E-state index in [1.165, 1.54) is 9.80 Å². The smallest absolute Gasteiger partial charge is 0.279 e. The van der Waals surface area contributed by atoms with Gasteiger partial charge in [-0.3, -0.25) is 4.79 Å². The average molecular weight is 351 g/mol. The van der Waals surface area contributed by atoms with Crippen molar-refractivity contribution in [3.8, 4) is 0 Å². The first kappa shape index (κ1) is 17.0. The fraction of sp³-hybridized carbons (Fsp3) is 0.412. The quantitative estimate of drug-likeness (QED) is 0.685. The van der Waals surface area contributed by atoms with Gasteiger partial charge < -0.3 is 19.6 Å². The van der Waals surface area contributed by atoms with Crippen LogP contribution in [0, 0.1) is 6.92 Å². The van der Waals surface area contributed by atoms with E-state index in [1.54, 1.807) is 12.1 Å². The highest BCUT2D eigenvalue weighted by Gasteiger charge is 2.25. The van der Waals surface area contributed by atoms with E-state index in [9.17, 15) is 4.79 Å². The predicted octanol–water partition coefficient (Wildman–Crippen LogP) is -0.441. The van der Waals surface area contributed by atoms with Gasteiger partial charge in [-0.1, -0.05) is 22.8 Å². The van der Waals surface area contributed by atoms with Gasteiger partial charge in [0.25, 0.3) is 5.91 Å². The Labute approximate surface area is 146 Å². The van der Waals surface area contributed by atoms with Crippen LogP contribution >= 0.6 is 11.6 Å². The Kier molecular flexibility index (Phi) is 5.50. The van der Waals surface area contributed by atoms with E-state index < -0.39 is 0 Å². The molecule has 1 aliphatic rings. The largest absolute Gasteiger partial charge is 0.361 e. The van der Waals surface area contributed by atoms with Gasteiger partial charge in [-0.25, -0.2) is 0 Å². The zero-order valence-electron chi connectivity index (χ0n) is 13.8. The number of amides is 1. The molecule has 2 aromatic rings. The summed E-state index contributed by atoms with van der Waals surface area (Å²) < 4.78 is 5.11. The molecule has 7 heteroatoms. The van der Waals surface area contributed by atoms with Gasteiger partial charge in [-0.05, 0) is 25.1 Å². The van der Waals surface area contributed by atoms with Gasteiger partial charge in [0, 0.05) is 16.8 Å². The van der Waals surface area contributed by atoms with E-state index in [-0.39, 0.29) is 5.91 Å². The van der Waals surface area contributed by atoms with Crippen molar-refractivity contribution in [1.82, 2.24) is 5.16 Å². The third-order valence-corrected chi connectivity index (χ3v) is 4.53. The molecule has 1 aromatic carbocycles. The lowest BCUT2D eigenvalue weighted by molar-refractivity contribution is -1.02. The number of aryl methyl sites for hydroxylation is 1. The van der Waals surface area contributed by atoms with E-state index in [0.29, 0.717) is 11.6 Å². The molecule has 0 saturated carbocycles. The minimum absolute atomic E-state index is 0.0304. The average Bonchev–Trinajstić information content (AvgIpc) is 2.94. The lowest BCUT2D eigenvalue weighted by atomic mass is 10.2. The molecule has 0 bridgehead atoms. The number of halogens is 1. The molecule has 1 aliphatic heterocycles. The molecule has 0 atom stereocenters. The van der Waals surface area contributed by atoms with Gasteiger partial charge in [-0.15, -0.1) is 0 Å². The molecule has 128 valence electrons. The Hall–Kier alpha value is -1.89. The van der Waals surface area contributed by atoms with Gasteiger partial charge in [0.05, 0.1) is 0 Å². The van der Waals surface area contributed by atoms with Crippen molar-refractivity contribution >= 4 is 23.2 Å². The van der Waals surface area contributed by atoms with Crippen molar-refractivity contribution in [1.29, 1.82) is 0 Å². The van der Waals surface area contributed by atoms with Crippen molar-refractivity contribution in [3.05, 3.63) is 46.8 Å². The molecule has 3 N–H and O–H groups in total. The van der Waals surface area contributed by atoms with Crippen LogP contribution in [0.15, 0.2) is 34.9 Å². The fourth-order valence-electron chi connectivity index (χ4n) is 3.07. The number of aromatic nitrogens is 1. The van der Waals surface area contributed by atoms with Gasteiger partial charge in [0.1, 0.15) is 44.2 Å². The Morgan fingerprint density at radius 1 is 1.25 bits per heavy atom. The van der Waals surface area contributed by atoms with E-state index >= 15 is 0 Å². The Bertz CT molecular complexity index is 695. The van der Waals surface area contributed by atoms with Crippen LogP contribution in [0.4, 0.5) is 5.69 Å². The molecule has 1 saturated heterocycles. The standard InChI is InChI=1S/C17H21ClN4O2/c1-13-9-16(20-24-13)11-21-5-7-22(8-6-21)12-17(23)19-15-4-2-3-14(18)10-15/h2-4,9-10H,5-8,11-12H2,1H3,(H,19,23)/p+2. The van der Waals surface area contributed by atoms with Crippen molar-refractivity contribution in [3.63, 3.8) is 0 Å². The maximum atomic E-state index is 12.2. The van der Waals surface area contributed by atoms with Crippen LogP contribution in [0.5, 0.6) is 0 Å². The van der Waals surface area contributed by atoms with Crippen molar-refractivity contribution in [2.75, 3.05) is 38.0 Å². The molecule has 6 nitrogen and oxygen atoms in total. The molecular formula is C17H23ClN4O2+2. The van der Waals surface area contributed by atoms with Crippen LogP contribution in [0.25, 0.3) is 0 Å². The number of nitrogens with one attached hydrogen (secondary N) is 3. The Balaban J connectivity index is 1.42. The number of rotatable bonds is 5. The number of anilines is 1. The predicted molar refractivity (Wildman–Crippen MR) is 91.3 cm³/mol. The number of quaternary nitrogens is 2. The number of benzene rings is 1. The summed E-state index contributed by atoms with van der Waals surface area (Å²) in [7, 11) is 0. The van der Waals surface area contributed by atoms with Crippen molar-refractivity contribution in [2.45, 2.75) is 13.5 Å². The zero-order chi connectivity index (χ0) is 16.9. The van der Waals surface area contributed by atoms with E-state index in [0.717, 1.165) is 49.9 Å². The van der Waals surface area contributed by atoms with E-state index in [1.807, 2.05) is 25.1 Å². The van der Waals surface area contributed by atoms with Gasteiger partial charge in [-0.2, -0.15) is 0 Å². The number of hydrogen-bond acceptors (Lipinski definition) is 3. The highest BCUT2D eigenvalue weighted by atomic mass is 35.5. The lowest BCUT2D eigenvalue weighted by Gasteiger charge is -2.28. The van der Waals surface area contributed by atoms with Gasteiger partial charge in [0.15, 0.2) is 6.54 Å². The summed E-state index contributed by atoms with van der Waals surface area (Å²) in [6.45, 7) is 7.32. The van der Waals surface area contributed by atoms with Gasteiger partial charge >= 0.3 is 0 Å². The first-order valence-corrected chi connectivity index (χ1v) is 8.61. The topological polar surface area (TPSA) is 64.0 Å². The summed E-state index contributed by atoms with van der Waals surface area (Å²) in [5, 5.41) is 7.59. The molecule has 1 fully saturated rings. The van der Waals surface area contributed by atoms with Crippen LogP contribution in [0.1, 0.15) is 11.5 Å². The molecule has 0 radical (unpaired) electrons. The van der Waals surface area contributed by atoms with Crippen LogP contribution in [0.2, 0.25) is 5.02 Å². The van der Waals surface area contributed by atoms with Crippen LogP contribution in [0.3, 0.4) is 0 Å². The minimum Gasteiger partial charge on any atom is -0.361 e. The highest BCUT2D eigenvalue weighted by molar-refractivity contribution is 6.30. The Morgan fingerprint density at radius 2 is 2.00 bits per heavy atom. The third-order valence-electron chi connectivity index (χ3n) is 4.29. The number of carbonyl (C=O) groups excluding carboxylic acids is 1. The number of piperazine rings is 1. The van der Waals surface area contributed by atoms with Crippen LogP contribution < -0.4 is 15.1 Å². The maximum absolute atomic E-state index is 12.2. The molecule has 1 amide bonds. The molecule has 0 aliphatic carbocycles. The molecule has 24 heavy (non-hydrogen) atoms. The lowest BCUT2D eigenvalue weighted by Crippen LogP contribution is -3.28. The summed E-state index contributed by atoms with van der Waals surface area (Å²) in [5.74, 6) is 0.884. The first-order valence-electron chi connectivity index (χ1n) is 8.23. The van der Waals surface area contributed by atoms with Gasteiger partial charge in [0.2, 0.25) is 0 Å². The summed E-state index contributed by atoms with van der Waals surface area (Å²) >= 11 is 5.93. The van der Waals surface area contributed by atoms with Crippen LogP contribution in [-0.2, 0) is 11.3 Å². The molecule has 2 heterocycles. The van der Waals surface area contributed by atoms with Crippen LogP contribution in [-0.4, -0.2) is 43.8 Å². The molecular weight excluding hydrogens is 328 g/mol. The summed E-state index contributed by atoms with van der Waals surface area (Å²) in [5.41, 5.74) is 1.75. The first-order chi connectivity index (χ1) is 11.6. The SMILES string of the molecule is Cc1cc(C[NH+]2CC[NH+](CC(=O)Nc3cccc(Cl)c3)CC2)no1. The summed E-state index contributed by atoms with van der Waals surface area (Å²) in [6, 6.07) is 9.22. The normalized spacial score (nSPS) is 20.8. The minimum atomic E-state index is 0.0304. The Morgan fingerprint density at radius 3 is 2.67 bits per heavy atom. The second kappa shape index (κ2) is 7.79. The van der Waals surface area contributed by atoms with Crippen molar-refractivity contribution < 1.29 is 19.1 Å². The number of carbonyl (C=O) groups is 1. The second-order valence-corrected chi connectivity index (χ2v) is 6.78. The second-order valence-electron chi connectivity index (χ2n) is 6.34. The third kappa shape index (κ3) is 4.80. The summed E-state index contributed by atoms with van der Waals surface area (Å²) in [4.78, 5) is 15.0. The molecule has 1 aromatic heterocycles. The van der Waals surface area contributed by atoms with E-state index in [4.69, 9.17) is 16.1 Å². The fourth-order valence-corrected chi connectivity index (χ4v) is 3.26. The number of nitrogens with zero attached hydrogens (tertiary/aromatic N) is 1. The molecule has 0 unspecified atom stereocenters. The van der Waals surface area contributed by atoms with E-state index in [2.05, 4.69) is 10.5 Å².